The molecule has 0 saturated carbocycles. The molecule has 1 heterocycles. The maximum absolute atomic E-state index is 4.33. The first kappa shape index (κ1) is 13.7. The lowest BCUT2D eigenvalue weighted by Gasteiger charge is -2.24. The summed E-state index contributed by atoms with van der Waals surface area (Å²) in [6, 6.07) is 8.13. The van der Waals surface area contributed by atoms with Gasteiger partial charge in [0.25, 0.3) is 0 Å². The van der Waals surface area contributed by atoms with E-state index in [2.05, 4.69) is 79.5 Å². The fraction of sp³-hybridized carbons (Fsp3) is 0.385. The predicted molar refractivity (Wildman–Crippen MR) is 80.8 cm³/mol. The van der Waals surface area contributed by atoms with Gasteiger partial charge in [-0.05, 0) is 32.9 Å². The lowest BCUT2D eigenvalue weighted by molar-refractivity contribution is 0.391. The third kappa shape index (κ3) is 2.67. The molecule has 0 N–H and O–H groups in total. The van der Waals surface area contributed by atoms with Gasteiger partial charge in [-0.15, -0.1) is 10.2 Å². The molecule has 96 valence electrons. The Morgan fingerprint density at radius 3 is 2.50 bits per heavy atom. The Morgan fingerprint density at radius 2 is 1.94 bits per heavy atom. The van der Waals surface area contributed by atoms with Crippen LogP contribution in [-0.2, 0) is 10.9 Å². The Bertz CT molecular complexity index is 556. The SMILES string of the molecule is CC(C)(C)n1c(CBr)nnc1-c1cccc(Br)c1. The summed E-state index contributed by atoms with van der Waals surface area (Å²) in [7, 11) is 0. The van der Waals surface area contributed by atoms with E-state index < -0.39 is 0 Å². The van der Waals surface area contributed by atoms with E-state index in [0.29, 0.717) is 5.33 Å². The van der Waals surface area contributed by atoms with Gasteiger partial charge in [-0.25, -0.2) is 0 Å². The second-order valence-electron chi connectivity index (χ2n) is 5.09. The number of rotatable bonds is 2. The molecule has 0 aliphatic carbocycles. The molecular weight excluding hydrogens is 358 g/mol. The predicted octanol–water partition coefficient (Wildman–Crippen LogP) is 4.36. The molecule has 0 saturated heterocycles. The van der Waals surface area contributed by atoms with Gasteiger partial charge in [0, 0.05) is 15.6 Å². The standard InChI is InChI=1S/C13H15Br2N3/c1-13(2,3)18-11(8-14)16-17-12(18)9-5-4-6-10(15)7-9/h4-7H,8H2,1-3H3. The molecule has 3 nitrogen and oxygen atoms in total. The lowest BCUT2D eigenvalue weighted by Crippen LogP contribution is -2.24. The van der Waals surface area contributed by atoms with Crippen LogP contribution in [0, 0.1) is 0 Å². The first-order valence-corrected chi connectivity index (χ1v) is 7.61. The minimum absolute atomic E-state index is 0.0513. The molecule has 2 aromatic rings. The quantitative estimate of drug-likeness (QED) is 0.733. The number of hydrogen-bond donors (Lipinski definition) is 0. The van der Waals surface area contributed by atoms with Crippen molar-refractivity contribution in [1.82, 2.24) is 14.8 Å². The first-order chi connectivity index (χ1) is 8.43. The summed E-state index contributed by atoms with van der Waals surface area (Å²) in [5, 5.41) is 9.28. The van der Waals surface area contributed by atoms with Crippen molar-refractivity contribution in [3.63, 3.8) is 0 Å². The molecule has 0 spiro atoms. The Hall–Kier alpha value is -0.680. The fourth-order valence-electron chi connectivity index (χ4n) is 1.92. The Kier molecular flexibility index (Phi) is 3.92. The van der Waals surface area contributed by atoms with Crippen molar-refractivity contribution in [3.8, 4) is 11.4 Å². The van der Waals surface area contributed by atoms with Crippen LogP contribution in [0.2, 0.25) is 0 Å². The number of nitrogens with zero attached hydrogens (tertiary/aromatic N) is 3. The van der Waals surface area contributed by atoms with Crippen LogP contribution in [0.4, 0.5) is 0 Å². The maximum atomic E-state index is 4.33. The number of halogens is 2. The summed E-state index contributed by atoms with van der Waals surface area (Å²) >= 11 is 6.96. The molecule has 0 radical (unpaired) electrons. The molecule has 18 heavy (non-hydrogen) atoms. The van der Waals surface area contributed by atoms with Crippen LogP contribution < -0.4 is 0 Å². The van der Waals surface area contributed by atoms with Crippen LogP contribution in [0.5, 0.6) is 0 Å². The van der Waals surface area contributed by atoms with E-state index in [-0.39, 0.29) is 5.54 Å². The van der Waals surface area contributed by atoms with Crippen molar-refractivity contribution < 1.29 is 0 Å². The maximum Gasteiger partial charge on any atom is 0.164 e. The molecule has 0 bridgehead atoms. The third-order valence-corrected chi connectivity index (χ3v) is 3.60. The molecule has 0 amide bonds. The van der Waals surface area contributed by atoms with Gasteiger partial charge in [0.2, 0.25) is 0 Å². The zero-order valence-corrected chi connectivity index (χ0v) is 13.8. The summed E-state index contributed by atoms with van der Waals surface area (Å²) in [4.78, 5) is 0. The second kappa shape index (κ2) is 5.13. The van der Waals surface area contributed by atoms with Crippen LogP contribution in [-0.4, -0.2) is 14.8 Å². The highest BCUT2D eigenvalue weighted by Gasteiger charge is 2.23. The van der Waals surface area contributed by atoms with Gasteiger partial charge >= 0.3 is 0 Å². The minimum Gasteiger partial charge on any atom is -0.305 e. The monoisotopic (exact) mass is 371 g/mol. The van der Waals surface area contributed by atoms with E-state index in [9.17, 15) is 0 Å². The molecule has 0 aliphatic heterocycles. The summed E-state index contributed by atoms with van der Waals surface area (Å²) in [6.07, 6.45) is 0. The Balaban J connectivity index is 2.62. The highest BCUT2D eigenvalue weighted by molar-refractivity contribution is 9.10. The molecule has 0 atom stereocenters. The van der Waals surface area contributed by atoms with E-state index in [4.69, 9.17) is 0 Å². The molecule has 0 fully saturated rings. The molecule has 1 aromatic heterocycles. The van der Waals surface area contributed by atoms with Crippen LogP contribution in [0.15, 0.2) is 28.7 Å². The van der Waals surface area contributed by atoms with E-state index in [1.54, 1.807) is 0 Å². The van der Waals surface area contributed by atoms with Crippen molar-refractivity contribution >= 4 is 31.9 Å². The lowest BCUT2D eigenvalue weighted by atomic mass is 10.1. The zero-order chi connectivity index (χ0) is 13.3. The van der Waals surface area contributed by atoms with Crippen LogP contribution >= 0.6 is 31.9 Å². The molecular formula is C13H15Br2N3. The average molecular weight is 373 g/mol. The average Bonchev–Trinajstić information content (AvgIpc) is 2.72. The Labute approximate surface area is 124 Å². The Morgan fingerprint density at radius 1 is 1.22 bits per heavy atom. The normalized spacial score (nSPS) is 11.8. The van der Waals surface area contributed by atoms with E-state index in [1.165, 1.54) is 0 Å². The molecule has 0 aliphatic rings. The summed E-state index contributed by atoms with van der Waals surface area (Å²) in [6.45, 7) is 6.47. The van der Waals surface area contributed by atoms with E-state index >= 15 is 0 Å². The van der Waals surface area contributed by atoms with Gasteiger partial charge in [0.05, 0.1) is 5.33 Å². The zero-order valence-electron chi connectivity index (χ0n) is 10.6. The van der Waals surface area contributed by atoms with Crippen LogP contribution in [0.25, 0.3) is 11.4 Å². The summed E-state index contributed by atoms with van der Waals surface area (Å²) in [5.41, 5.74) is 1.02. The van der Waals surface area contributed by atoms with E-state index in [1.807, 2.05) is 12.1 Å². The van der Waals surface area contributed by atoms with Gasteiger partial charge in [0.15, 0.2) is 5.82 Å². The number of alkyl halides is 1. The second-order valence-corrected chi connectivity index (χ2v) is 6.57. The van der Waals surface area contributed by atoms with Crippen LogP contribution in [0.3, 0.4) is 0 Å². The number of benzene rings is 1. The van der Waals surface area contributed by atoms with Gasteiger partial charge in [0.1, 0.15) is 5.82 Å². The minimum atomic E-state index is -0.0513. The first-order valence-electron chi connectivity index (χ1n) is 5.70. The number of aromatic nitrogens is 3. The molecule has 1 aromatic carbocycles. The smallest absolute Gasteiger partial charge is 0.164 e. The van der Waals surface area contributed by atoms with Gasteiger partial charge < -0.3 is 4.57 Å². The third-order valence-electron chi connectivity index (χ3n) is 2.60. The van der Waals surface area contributed by atoms with Crippen molar-refractivity contribution in [3.05, 3.63) is 34.6 Å². The van der Waals surface area contributed by atoms with Crippen molar-refractivity contribution in [2.45, 2.75) is 31.6 Å². The van der Waals surface area contributed by atoms with Gasteiger partial charge in [-0.3, -0.25) is 0 Å². The molecule has 0 unspecified atom stereocenters. The van der Waals surface area contributed by atoms with E-state index in [0.717, 1.165) is 21.7 Å². The highest BCUT2D eigenvalue weighted by atomic mass is 79.9. The van der Waals surface area contributed by atoms with Crippen molar-refractivity contribution in [2.75, 3.05) is 0 Å². The highest BCUT2D eigenvalue weighted by Crippen LogP contribution is 2.28. The number of hydrogen-bond acceptors (Lipinski definition) is 2. The topological polar surface area (TPSA) is 30.7 Å². The van der Waals surface area contributed by atoms with Crippen molar-refractivity contribution in [2.24, 2.45) is 0 Å². The van der Waals surface area contributed by atoms with Gasteiger partial charge in [-0.1, -0.05) is 44.0 Å². The van der Waals surface area contributed by atoms with Crippen LogP contribution in [0.1, 0.15) is 26.6 Å². The molecule has 2 rings (SSSR count). The fourth-order valence-corrected chi connectivity index (χ4v) is 2.68. The largest absolute Gasteiger partial charge is 0.305 e. The molecule has 5 heteroatoms. The van der Waals surface area contributed by atoms with Crippen molar-refractivity contribution in [1.29, 1.82) is 0 Å². The summed E-state index contributed by atoms with van der Waals surface area (Å²) in [5.74, 6) is 1.84. The van der Waals surface area contributed by atoms with Gasteiger partial charge in [-0.2, -0.15) is 0 Å². The summed E-state index contributed by atoms with van der Waals surface area (Å²) < 4.78 is 3.22.